The van der Waals surface area contributed by atoms with Gasteiger partial charge in [-0.2, -0.15) is 5.26 Å². The number of sulfonamides is 1. The number of halogens is 2. The van der Waals surface area contributed by atoms with Crippen LogP contribution in [0.25, 0.3) is 0 Å². The van der Waals surface area contributed by atoms with E-state index >= 15 is 0 Å². The van der Waals surface area contributed by atoms with Gasteiger partial charge in [-0.3, -0.25) is 4.72 Å². The zero-order valence-electron chi connectivity index (χ0n) is 10.9. The van der Waals surface area contributed by atoms with Crippen molar-refractivity contribution >= 4 is 38.6 Å². The Hall–Kier alpha value is -1.69. The fourth-order valence-corrected chi connectivity index (χ4v) is 4.49. The molecule has 0 amide bonds. The van der Waals surface area contributed by atoms with Crippen LogP contribution in [0.2, 0.25) is 4.47 Å². The van der Waals surface area contributed by atoms with Crippen molar-refractivity contribution in [3.8, 4) is 6.07 Å². The molecule has 0 radical (unpaired) electrons. The summed E-state index contributed by atoms with van der Waals surface area (Å²) in [6.45, 7) is 2.93. The standard InChI is InChI=1S/C12H9ClFN3O2S2/c1-6-9(14)3-8(5-15)4-10(6)17-21(18,19)11-7(2)16-12(13)20-11/h3-4,17H,1-2H3. The van der Waals surface area contributed by atoms with Gasteiger partial charge in [-0.05, 0) is 26.0 Å². The molecule has 1 aromatic heterocycles. The summed E-state index contributed by atoms with van der Waals surface area (Å²) in [6, 6.07) is 4.09. The van der Waals surface area contributed by atoms with E-state index in [4.69, 9.17) is 16.9 Å². The van der Waals surface area contributed by atoms with Crippen molar-refractivity contribution in [3.63, 3.8) is 0 Å². The largest absolute Gasteiger partial charge is 0.278 e. The highest BCUT2D eigenvalue weighted by Crippen LogP contribution is 2.30. The maximum Gasteiger partial charge on any atom is 0.273 e. The van der Waals surface area contributed by atoms with Gasteiger partial charge in [0.15, 0.2) is 8.68 Å². The zero-order valence-corrected chi connectivity index (χ0v) is 13.3. The number of thiazole rings is 1. The minimum Gasteiger partial charge on any atom is -0.278 e. The van der Waals surface area contributed by atoms with Crippen molar-refractivity contribution in [2.75, 3.05) is 4.72 Å². The molecule has 1 heterocycles. The number of benzene rings is 1. The number of anilines is 1. The van der Waals surface area contributed by atoms with E-state index in [-0.39, 0.29) is 31.2 Å². The molecule has 0 spiro atoms. The lowest BCUT2D eigenvalue weighted by Gasteiger charge is -2.10. The summed E-state index contributed by atoms with van der Waals surface area (Å²) in [5, 5.41) is 8.82. The highest BCUT2D eigenvalue weighted by atomic mass is 35.5. The Labute approximate surface area is 130 Å². The van der Waals surface area contributed by atoms with E-state index < -0.39 is 15.8 Å². The number of nitrogens with one attached hydrogen (secondary N) is 1. The molecule has 2 rings (SSSR count). The molecule has 1 aromatic carbocycles. The third-order valence-electron chi connectivity index (χ3n) is 2.69. The number of aryl methyl sites for hydroxylation is 1. The average molecular weight is 346 g/mol. The lowest BCUT2D eigenvalue weighted by atomic mass is 10.1. The highest BCUT2D eigenvalue weighted by molar-refractivity contribution is 7.94. The summed E-state index contributed by atoms with van der Waals surface area (Å²) in [5.74, 6) is -0.661. The van der Waals surface area contributed by atoms with Crippen LogP contribution in [0.4, 0.5) is 10.1 Å². The molecule has 110 valence electrons. The number of nitrogens with zero attached hydrogens (tertiary/aromatic N) is 2. The molecule has 0 atom stereocenters. The second-order valence-corrected chi connectivity index (χ2v) is 7.65. The SMILES string of the molecule is Cc1nc(Cl)sc1S(=O)(=O)Nc1cc(C#N)cc(F)c1C. The fourth-order valence-electron chi connectivity index (χ4n) is 1.64. The average Bonchev–Trinajstić information content (AvgIpc) is 2.74. The Morgan fingerprint density at radius 2 is 2.10 bits per heavy atom. The van der Waals surface area contributed by atoms with Gasteiger partial charge in [-0.25, -0.2) is 17.8 Å². The molecule has 0 fully saturated rings. The van der Waals surface area contributed by atoms with Crippen molar-refractivity contribution in [3.05, 3.63) is 39.2 Å². The van der Waals surface area contributed by atoms with E-state index in [0.29, 0.717) is 0 Å². The minimum atomic E-state index is -3.94. The van der Waals surface area contributed by atoms with E-state index in [1.165, 1.54) is 19.9 Å². The van der Waals surface area contributed by atoms with Crippen molar-refractivity contribution in [1.29, 1.82) is 5.26 Å². The number of rotatable bonds is 3. The lowest BCUT2D eigenvalue weighted by molar-refractivity contribution is 0.602. The quantitative estimate of drug-likeness (QED) is 0.925. The Balaban J connectivity index is 2.49. The molecule has 0 aliphatic rings. The molecule has 1 N–H and O–H groups in total. The summed E-state index contributed by atoms with van der Waals surface area (Å²) < 4.78 is 40.6. The van der Waals surface area contributed by atoms with E-state index in [1.807, 2.05) is 0 Å². The van der Waals surface area contributed by atoms with Gasteiger partial charge in [-0.1, -0.05) is 22.9 Å². The first-order valence-corrected chi connectivity index (χ1v) is 8.28. The number of hydrogen-bond acceptors (Lipinski definition) is 5. The number of aromatic nitrogens is 1. The second-order valence-electron chi connectivity index (χ2n) is 4.19. The minimum absolute atomic E-state index is 0.00970. The first-order valence-electron chi connectivity index (χ1n) is 5.60. The van der Waals surface area contributed by atoms with Crippen LogP contribution >= 0.6 is 22.9 Å². The van der Waals surface area contributed by atoms with Gasteiger partial charge in [0.1, 0.15) is 5.82 Å². The van der Waals surface area contributed by atoms with Crippen molar-refractivity contribution in [2.45, 2.75) is 18.1 Å². The summed E-state index contributed by atoms with van der Waals surface area (Å²) >= 11 is 6.50. The van der Waals surface area contributed by atoms with E-state index in [9.17, 15) is 12.8 Å². The zero-order chi connectivity index (χ0) is 15.8. The monoisotopic (exact) mass is 345 g/mol. The molecule has 0 bridgehead atoms. The van der Waals surface area contributed by atoms with Crippen LogP contribution in [-0.2, 0) is 10.0 Å². The van der Waals surface area contributed by atoms with Crippen LogP contribution in [0.1, 0.15) is 16.8 Å². The van der Waals surface area contributed by atoms with Crippen LogP contribution in [-0.4, -0.2) is 13.4 Å². The van der Waals surface area contributed by atoms with Gasteiger partial charge in [-0.15, -0.1) is 0 Å². The lowest BCUT2D eigenvalue weighted by Crippen LogP contribution is -2.14. The molecular formula is C12H9ClFN3O2S2. The van der Waals surface area contributed by atoms with Gasteiger partial charge in [0.05, 0.1) is 23.0 Å². The first kappa shape index (κ1) is 15.7. The number of hydrogen-bond donors (Lipinski definition) is 1. The molecule has 0 saturated carbocycles. The van der Waals surface area contributed by atoms with Gasteiger partial charge >= 0.3 is 0 Å². The molecule has 5 nitrogen and oxygen atoms in total. The highest BCUT2D eigenvalue weighted by Gasteiger charge is 2.23. The molecule has 2 aromatic rings. The summed E-state index contributed by atoms with van der Waals surface area (Å²) in [6.07, 6.45) is 0. The van der Waals surface area contributed by atoms with Crippen LogP contribution < -0.4 is 4.72 Å². The molecule has 21 heavy (non-hydrogen) atoms. The van der Waals surface area contributed by atoms with Crippen molar-refractivity contribution in [2.24, 2.45) is 0 Å². The van der Waals surface area contributed by atoms with Crippen molar-refractivity contribution < 1.29 is 12.8 Å². The van der Waals surface area contributed by atoms with E-state index in [1.54, 1.807) is 6.07 Å². The predicted octanol–water partition coefficient (Wildman–Crippen LogP) is 3.22. The van der Waals surface area contributed by atoms with Gasteiger partial charge in [0, 0.05) is 5.56 Å². The Morgan fingerprint density at radius 3 is 2.62 bits per heavy atom. The second kappa shape index (κ2) is 5.60. The third kappa shape index (κ3) is 3.15. The van der Waals surface area contributed by atoms with Crippen LogP contribution in [0, 0.1) is 31.0 Å². The third-order valence-corrected chi connectivity index (χ3v) is 5.93. The summed E-state index contributed by atoms with van der Waals surface area (Å²) in [4.78, 5) is 3.83. The van der Waals surface area contributed by atoms with Crippen molar-refractivity contribution in [1.82, 2.24) is 4.98 Å². The molecule has 0 aliphatic heterocycles. The van der Waals surface area contributed by atoms with Gasteiger partial charge in [0.2, 0.25) is 0 Å². The Kier molecular flexibility index (Phi) is 4.18. The Morgan fingerprint density at radius 1 is 1.43 bits per heavy atom. The molecule has 0 unspecified atom stereocenters. The van der Waals surface area contributed by atoms with Gasteiger partial charge < -0.3 is 0 Å². The molecule has 9 heteroatoms. The molecule has 0 saturated heterocycles. The predicted molar refractivity (Wildman–Crippen MR) is 78.5 cm³/mol. The van der Waals surface area contributed by atoms with E-state index in [2.05, 4.69) is 9.71 Å². The maximum atomic E-state index is 13.7. The van der Waals surface area contributed by atoms with E-state index in [0.717, 1.165) is 17.4 Å². The number of nitriles is 1. The Bertz CT molecular complexity index is 856. The normalized spacial score (nSPS) is 11.2. The molecule has 0 aliphatic carbocycles. The summed E-state index contributed by atoms with van der Waals surface area (Å²) in [7, 11) is -3.94. The summed E-state index contributed by atoms with van der Waals surface area (Å²) in [5.41, 5.74) is 0.392. The fraction of sp³-hybridized carbons (Fsp3) is 0.167. The van der Waals surface area contributed by atoms with Crippen LogP contribution in [0.3, 0.4) is 0 Å². The maximum absolute atomic E-state index is 13.7. The van der Waals surface area contributed by atoms with Crippen LogP contribution in [0.5, 0.6) is 0 Å². The first-order chi connectivity index (χ1) is 9.74. The molecular weight excluding hydrogens is 337 g/mol. The smallest absolute Gasteiger partial charge is 0.273 e. The topological polar surface area (TPSA) is 82.8 Å². The van der Waals surface area contributed by atoms with Crippen LogP contribution in [0.15, 0.2) is 16.3 Å². The van der Waals surface area contributed by atoms with Gasteiger partial charge in [0.25, 0.3) is 10.0 Å².